The van der Waals surface area contributed by atoms with Crippen molar-refractivity contribution < 1.29 is 20.4 Å². The molecule has 0 saturated carbocycles. The van der Waals surface area contributed by atoms with Crippen molar-refractivity contribution in [2.45, 2.75) is 12.2 Å². The van der Waals surface area contributed by atoms with E-state index in [9.17, 15) is 10.2 Å². The number of nitriles is 1. The summed E-state index contributed by atoms with van der Waals surface area (Å²) in [5.41, 5.74) is -0.112. The Balaban J connectivity index is 2.98. The third-order valence-electron chi connectivity index (χ3n) is 2.52. The van der Waals surface area contributed by atoms with Gasteiger partial charge in [0.05, 0.1) is 25.4 Å². The predicted molar refractivity (Wildman–Crippen MR) is 76.2 cm³/mol. The molecule has 0 saturated heterocycles. The SMILES string of the molecule is [C-]#[N+]c1nc(NCC(O)CO)c(C#N)nc1NCC(O)CO. The van der Waals surface area contributed by atoms with Crippen LogP contribution in [0, 0.1) is 17.9 Å². The van der Waals surface area contributed by atoms with Crippen LogP contribution in [-0.2, 0) is 0 Å². The minimum atomic E-state index is -1.04. The first-order chi connectivity index (χ1) is 10.5. The Labute approximate surface area is 126 Å². The topological polar surface area (TPSA) is 159 Å². The second kappa shape index (κ2) is 8.71. The molecule has 118 valence electrons. The summed E-state index contributed by atoms with van der Waals surface area (Å²) < 4.78 is 0. The lowest BCUT2D eigenvalue weighted by Gasteiger charge is -2.12. The molecule has 6 N–H and O–H groups in total. The zero-order chi connectivity index (χ0) is 16.5. The third-order valence-corrected chi connectivity index (χ3v) is 2.52. The van der Waals surface area contributed by atoms with E-state index in [0.29, 0.717) is 0 Å². The van der Waals surface area contributed by atoms with Gasteiger partial charge in [-0.3, -0.25) is 0 Å². The lowest BCUT2D eigenvalue weighted by atomic mass is 10.3. The molecule has 0 aliphatic rings. The Morgan fingerprint density at radius 3 is 2.09 bits per heavy atom. The summed E-state index contributed by atoms with van der Waals surface area (Å²) in [5, 5.41) is 50.3. The lowest BCUT2D eigenvalue weighted by Crippen LogP contribution is -2.25. The van der Waals surface area contributed by atoms with Crippen LogP contribution >= 0.6 is 0 Å². The predicted octanol–water partition coefficient (Wildman–Crippen LogP) is -1.57. The molecule has 1 rings (SSSR count). The summed E-state index contributed by atoms with van der Waals surface area (Å²) in [6.45, 7) is 6.02. The van der Waals surface area contributed by atoms with Gasteiger partial charge in [-0.2, -0.15) is 5.26 Å². The second-order valence-corrected chi connectivity index (χ2v) is 4.25. The van der Waals surface area contributed by atoms with Gasteiger partial charge in [0.25, 0.3) is 5.82 Å². The van der Waals surface area contributed by atoms with Gasteiger partial charge in [0.2, 0.25) is 5.69 Å². The number of rotatable bonds is 8. The fraction of sp³-hybridized carbons (Fsp3) is 0.500. The van der Waals surface area contributed by atoms with E-state index in [4.69, 9.17) is 22.0 Å². The van der Waals surface area contributed by atoms with Crippen molar-refractivity contribution in [2.24, 2.45) is 0 Å². The molecule has 0 aliphatic heterocycles. The van der Waals surface area contributed by atoms with Crippen molar-refractivity contribution in [3.05, 3.63) is 17.1 Å². The van der Waals surface area contributed by atoms with Crippen molar-refractivity contribution in [3.8, 4) is 6.07 Å². The van der Waals surface area contributed by atoms with Crippen molar-refractivity contribution in [2.75, 3.05) is 36.9 Å². The third kappa shape index (κ3) is 4.80. The number of aromatic nitrogens is 2. The maximum Gasteiger partial charge on any atom is 0.314 e. The van der Waals surface area contributed by atoms with Crippen LogP contribution in [0.4, 0.5) is 17.5 Å². The highest BCUT2D eigenvalue weighted by atomic mass is 16.3. The van der Waals surface area contributed by atoms with Crippen molar-refractivity contribution >= 4 is 17.5 Å². The van der Waals surface area contributed by atoms with Crippen LogP contribution in [0.5, 0.6) is 0 Å². The summed E-state index contributed by atoms with van der Waals surface area (Å²) in [4.78, 5) is 11.0. The molecule has 10 nitrogen and oxygen atoms in total. The van der Waals surface area contributed by atoms with E-state index in [0.717, 1.165) is 0 Å². The summed E-state index contributed by atoms with van der Waals surface area (Å²) >= 11 is 0. The molecule has 0 radical (unpaired) electrons. The number of aliphatic hydroxyl groups excluding tert-OH is 4. The fourth-order valence-corrected chi connectivity index (χ4v) is 1.38. The molecule has 10 heteroatoms. The van der Waals surface area contributed by atoms with Gasteiger partial charge in [-0.25, -0.2) is 4.98 Å². The minimum absolute atomic E-state index is 0.00677. The molecule has 1 heterocycles. The Bertz CT molecular complexity index is 530. The molecule has 0 bridgehead atoms. The van der Waals surface area contributed by atoms with Crippen LogP contribution in [0.15, 0.2) is 0 Å². The number of aliphatic hydroxyl groups is 4. The maximum atomic E-state index is 9.27. The fourth-order valence-electron chi connectivity index (χ4n) is 1.38. The van der Waals surface area contributed by atoms with Crippen molar-refractivity contribution in [3.63, 3.8) is 0 Å². The van der Waals surface area contributed by atoms with Gasteiger partial charge in [-0.15, -0.1) is 0 Å². The van der Waals surface area contributed by atoms with Crippen LogP contribution in [0.1, 0.15) is 5.69 Å². The first-order valence-corrected chi connectivity index (χ1v) is 6.30. The molecule has 1 aromatic rings. The highest BCUT2D eigenvalue weighted by molar-refractivity contribution is 5.66. The number of anilines is 2. The first-order valence-electron chi connectivity index (χ1n) is 6.30. The van der Waals surface area contributed by atoms with Crippen LogP contribution in [-0.4, -0.2) is 68.9 Å². The zero-order valence-electron chi connectivity index (χ0n) is 11.6. The highest BCUT2D eigenvalue weighted by Crippen LogP contribution is 2.24. The monoisotopic (exact) mass is 308 g/mol. The summed E-state index contributed by atoms with van der Waals surface area (Å²) in [6.07, 6.45) is -2.08. The molecule has 1 aromatic heterocycles. The average molecular weight is 308 g/mol. The van der Waals surface area contributed by atoms with E-state index in [-0.39, 0.29) is 36.2 Å². The summed E-state index contributed by atoms with van der Waals surface area (Å²) in [6, 6.07) is 1.80. The van der Waals surface area contributed by atoms with E-state index >= 15 is 0 Å². The first kappa shape index (κ1) is 17.6. The Kier molecular flexibility index (Phi) is 6.95. The normalized spacial score (nSPS) is 12.8. The average Bonchev–Trinajstić information content (AvgIpc) is 2.56. The van der Waals surface area contributed by atoms with Crippen LogP contribution < -0.4 is 10.6 Å². The van der Waals surface area contributed by atoms with Gasteiger partial charge in [0, 0.05) is 13.1 Å². The summed E-state index contributed by atoms with van der Waals surface area (Å²) in [7, 11) is 0. The minimum Gasteiger partial charge on any atom is -0.394 e. The van der Waals surface area contributed by atoms with E-state index in [1.54, 1.807) is 6.07 Å². The number of hydrogen-bond donors (Lipinski definition) is 6. The molecule has 0 spiro atoms. The van der Waals surface area contributed by atoms with Crippen LogP contribution in [0.25, 0.3) is 4.85 Å². The van der Waals surface area contributed by atoms with Gasteiger partial charge in [-0.05, 0) is 0 Å². The Morgan fingerprint density at radius 2 is 1.64 bits per heavy atom. The Hall–Kier alpha value is -2.50. The molecule has 0 aromatic carbocycles. The van der Waals surface area contributed by atoms with Crippen molar-refractivity contribution in [1.29, 1.82) is 5.26 Å². The van der Waals surface area contributed by atoms with Gasteiger partial charge in [-0.1, -0.05) is 11.6 Å². The van der Waals surface area contributed by atoms with Crippen molar-refractivity contribution in [1.82, 2.24) is 9.97 Å². The standard InChI is InChI=1S/C12H16N6O4/c1-14-11-12(16-4-8(22)6-20)17-9(2-13)10(18-11)15-3-7(21)5-19/h7-8,19-22H,3-6H2,(H,15,18)(H,16,17). The van der Waals surface area contributed by atoms with Gasteiger partial charge < -0.3 is 35.9 Å². The van der Waals surface area contributed by atoms with Gasteiger partial charge >= 0.3 is 5.82 Å². The molecule has 0 amide bonds. The Morgan fingerprint density at radius 1 is 1.09 bits per heavy atom. The number of nitrogens with zero attached hydrogens (tertiary/aromatic N) is 4. The largest absolute Gasteiger partial charge is 0.394 e. The van der Waals surface area contributed by atoms with E-state index < -0.39 is 25.4 Å². The van der Waals surface area contributed by atoms with Gasteiger partial charge in [0.15, 0.2) is 5.82 Å². The number of hydrogen-bond acceptors (Lipinski definition) is 9. The second-order valence-electron chi connectivity index (χ2n) is 4.25. The van der Waals surface area contributed by atoms with Crippen LogP contribution in [0.2, 0.25) is 0 Å². The quantitative estimate of drug-likeness (QED) is 0.312. The zero-order valence-corrected chi connectivity index (χ0v) is 11.6. The molecule has 0 aliphatic carbocycles. The molecular formula is C12H16N6O4. The molecular weight excluding hydrogens is 292 g/mol. The molecule has 0 fully saturated rings. The van der Waals surface area contributed by atoms with Gasteiger partial charge in [0.1, 0.15) is 6.07 Å². The van der Waals surface area contributed by atoms with E-state index in [1.165, 1.54) is 0 Å². The molecule has 2 unspecified atom stereocenters. The molecule has 2 atom stereocenters. The number of nitrogens with one attached hydrogen (secondary N) is 2. The van der Waals surface area contributed by atoms with E-state index in [1.807, 2.05) is 0 Å². The maximum absolute atomic E-state index is 9.27. The highest BCUT2D eigenvalue weighted by Gasteiger charge is 2.17. The molecule has 22 heavy (non-hydrogen) atoms. The lowest BCUT2D eigenvalue weighted by molar-refractivity contribution is 0.105. The smallest absolute Gasteiger partial charge is 0.314 e. The van der Waals surface area contributed by atoms with Crippen LogP contribution in [0.3, 0.4) is 0 Å². The summed E-state index contributed by atoms with van der Waals surface area (Å²) in [5.74, 6) is -0.119. The van der Waals surface area contributed by atoms with E-state index in [2.05, 4.69) is 25.4 Å².